The highest BCUT2D eigenvalue weighted by atomic mass is 32.2. The molecule has 2 aliphatic heterocycles. The summed E-state index contributed by atoms with van der Waals surface area (Å²) in [6.07, 6.45) is 7.00. The van der Waals surface area contributed by atoms with Crippen LogP contribution in [-0.2, 0) is 9.84 Å². The fourth-order valence-electron chi connectivity index (χ4n) is 3.71. The number of piperidine rings is 2. The average Bonchev–Trinajstić information content (AvgIpc) is 2.37. The first-order valence-electron chi connectivity index (χ1n) is 7.29. The molecule has 2 aliphatic rings. The average molecular weight is 294 g/mol. The third kappa shape index (κ3) is 2.56. The number of nitrogens with two attached hydrogens (primary N) is 1. The normalized spacial score (nSPS) is 30.3. The maximum Gasteiger partial charge on any atom is 0.175 e. The molecule has 0 radical (unpaired) electrons. The molecule has 20 heavy (non-hydrogen) atoms. The number of anilines is 1. The molecule has 2 atom stereocenters. The van der Waals surface area contributed by atoms with E-state index in [1.165, 1.54) is 25.5 Å². The number of fused-ring (bicyclic) bond motifs is 2. The first-order chi connectivity index (χ1) is 9.45. The van der Waals surface area contributed by atoms with Crippen molar-refractivity contribution >= 4 is 15.5 Å². The van der Waals surface area contributed by atoms with Crippen molar-refractivity contribution in [3.05, 3.63) is 24.3 Å². The van der Waals surface area contributed by atoms with Crippen LogP contribution in [0.25, 0.3) is 0 Å². The molecule has 4 nitrogen and oxygen atoms in total. The minimum atomic E-state index is -3.12. The van der Waals surface area contributed by atoms with Gasteiger partial charge in [0.1, 0.15) is 0 Å². The van der Waals surface area contributed by atoms with Gasteiger partial charge in [0, 0.05) is 30.1 Å². The highest BCUT2D eigenvalue weighted by Crippen LogP contribution is 2.37. The number of benzene rings is 1. The molecule has 0 saturated carbocycles. The van der Waals surface area contributed by atoms with Gasteiger partial charge in [-0.3, -0.25) is 0 Å². The summed E-state index contributed by atoms with van der Waals surface area (Å²) in [4.78, 5) is 2.86. The van der Waals surface area contributed by atoms with Crippen molar-refractivity contribution in [3.63, 3.8) is 0 Å². The molecule has 110 valence electrons. The van der Waals surface area contributed by atoms with E-state index in [1.807, 2.05) is 12.1 Å². The lowest BCUT2D eigenvalue weighted by Crippen LogP contribution is -2.55. The zero-order chi connectivity index (χ0) is 14.3. The van der Waals surface area contributed by atoms with Crippen molar-refractivity contribution in [1.82, 2.24) is 0 Å². The van der Waals surface area contributed by atoms with Gasteiger partial charge in [0.25, 0.3) is 0 Å². The Balaban J connectivity index is 1.89. The van der Waals surface area contributed by atoms with E-state index >= 15 is 0 Å². The Morgan fingerprint density at radius 3 is 2.15 bits per heavy atom. The minimum absolute atomic E-state index is 0.317. The molecule has 0 spiro atoms. The van der Waals surface area contributed by atoms with Gasteiger partial charge in [-0.1, -0.05) is 0 Å². The van der Waals surface area contributed by atoms with E-state index in [4.69, 9.17) is 5.73 Å². The maximum absolute atomic E-state index is 11.5. The van der Waals surface area contributed by atoms with Crippen molar-refractivity contribution in [2.75, 3.05) is 11.2 Å². The van der Waals surface area contributed by atoms with Gasteiger partial charge in [-0.15, -0.1) is 0 Å². The van der Waals surface area contributed by atoms with Gasteiger partial charge in [-0.25, -0.2) is 8.42 Å². The lowest BCUT2D eigenvalue weighted by Gasteiger charge is -2.49. The summed E-state index contributed by atoms with van der Waals surface area (Å²) in [5, 5.41) is 0. The number of hydrogen-bond donors (Lipinski definition) is 1. The molecule has 1 aromatic rings. The molecule has 2 bridgehead atoms. The van der Waals surface area contributed by atoms with Crippen LogP contribution in [0.2, 0.25) is 0 Å². The third-order valence-electron chi connectivity index (χ3n) is 4.57. The summed E-state index contributed by atoms with van der Waals surface area (Å²) in [6.45, 7) is 0. The van der Waals surface area contributed by atoms with Crippen molar-refractivity contribution in [2.24, 2.45) is 5.73 Å². The molecule has 0 aliphatic carbocycles. The smallest absolute Gasteiger partial charge is 0.175 e. The third-order valence-corrected chi connectivity index (χ3v) is 5.70. The minimum Gasteiger partial charge on any atom is -0.365 e. The molecule has 3 rings (SSSR count). The summed E-state index contributed by atoms with van der Waals surface area (Å²) in [6, 6.07) is 8.67. The van der Waals surface area contributed by atoms with E-state index in [0.29, 0.717) is 23.0 Å². The Hall–Kier alpha value is -1.07. The van der Waals surface area contributed by atoms with Crippen LogP contribution >= 0.6 is 0 Å². The predicted molar refractivity (Wildman–Crippen MR) is 80.7 cm³/mol. The molecule has 2 N–H and O–H groups in total. The Bertz CT molecular complexity index is 568. The molecule has 0 aromatic heterocycles. The second-order valence-corrected chi connectivity index (χ2v) is 8.16. The maximum atomic E-state index is 11.5. The summed E-state index contributed by atoms with van der Waals surface area (Å²) >= 11 is 0. The summed E-state index contributed by atoms with van der Waals surface area (Å²) < 4.78 is 23.1. The van der Waals surface area contributed by atoms with Gasteiger partial charge in [0.2, 0.25) is 0 Å². The van der Waals surface area contributed by atoms with Gasteiger partial charge in [-0.2, -0.15) is 0 Å². The second kappa shape index (κ2) is 5.04. The van der Waals surface area contributed by atoms with Gasteiger partial charge < -0.3 is 10.6 Å². The summed E-state index contributed by atoms with van der Waals surface area (Å²) in [5.74, 6) is 0. The fraction of sp³-hybridized carbons (Fsp3) is 0.600. The van der Waals surface area contributed by atoms with Crippen LogP contribution in [0.4, 0.5) is 5.69 Å². The Labute approximate surface area is 120 Å². The van der Waals surface area contributed by atoms with E-state index in [2.05, 4.69) is 4.90 Å². The predicted octanol–water partition coefficient (Wildman–Crippen LogP) is 1.94. The summed E-state index contributed by atoms with van der Waals surface area (Å²) in [5.41, 5.74) is 7.28. The molecule has 0 amide bonds. The molecule has 2 saturated heterocycles. The second-order valence-electron chi connectivity index (χ2n) is 6.14. The molecular weight excluding hydrogens is 272 g/mol. The number of hydrogen-bond acceptors (Lipinski definition) is 4. The van der Waals surface area contributed by atoms with E-state index in [-0.39, 0.29) is 0 Å². The molecule has 1 aromatic carbocycles. The largest absolute Gasteiger partial charge is 0.365 e. The molecule has 5 heteroatoms. The van der Waals surface area contributed by atoms with Crippen LogP contribution in [0.15, 0.2) is 29.2 Å². The van der Waals surface area contributed by atoms with Gasteiger partial charge in [0.15, 0.2) is 9.84 Å². The zero-order valence-electron chi connectivity index (χ0n) is 11.8. The van der Waals surface area contributed by atoms with Gasteiger partial charge in [-0.05, 0) is 56.4 Å². The SMILES string of the molecule is CS(=O)(=O)c1ccc(N2C3CCCC2CC(N)C3)cc1. The van der Waals surface area contributed by atoms with Crippen LogP contribution in [0, 0.1) is 0 Å². The van der Waals surface area contributed by atoms with Crippen LogP contribution in [0.5, 0.6) is 0 Å². The van der Waals surface area contributed by atoms with Crippen LogP contribution in [0.1, 0.15) is 32.1 Å². The van der Waals surface area contributed by atoms with E-state index in [9.17, 15) is 8.42 Å². The van der Waals surface area contributed by atoms with Crippen molar-refractivity contribution in [1.29, 1.82) is 0 Å². The summed E-state index contributed by atoms with van der Waals surface area (Å²) in [7, 11) is -3.12. The Kier molecular flexibility index (Phi) is 3.50. The van der Waals surface area contributed by atoms with Crippen molar-refractivity contribution < 1.29 is 8.42 Å². The highest BCUT2D eigenvalue weighted by molar-refractivity contribution is 7.90. The van der Waals surface area contributed by atoms with Gasteiger partial charge >= 0.3 is 0 Å². The van der Waals surface area contributed by atoms with Crippen LogP contribution in [-0.4, -0.2) is 32.8 Å². The highest BCUT2D eigenvalue weighted by Gasteiger charge is 2.37. The van der Waals surface area contributed by atoms with Crippen LogP contribution < -0.4 is 10.6 Å². The standard InChI is InChI=1S/C15H22N2O2S/c1-20(18,19)15-7-5-12(6-8-15)17-13-3-2-4-14(17)10-11(16)9-13/h5-8,11,13-14H,2-4,9-10,16H2,1H3. The Morgan fingerprint density at radius 2 is 1.65 bits per heavy atom. The molecule has 2 unspecified atom stereocenters. The monoisotopic (exact) mass is 294 g/mol. The lowest BCUT2D eigenvalue weighted by atomic mass is 9.81. The number of rotatable bonds is 2. The zero-order valence-corrected chi connectivity index (χ0v) is 12.6. The topological polar surface area (TPSA) is 63.4 Å². The molecule has 2 fully saturated rings. The molecular formula is C15H22N2O2S. The first kappa shape index (κ1) is 13.9. The van der Waals surface area contributed by atoms with E-state index in [1.54, 1.807) is 12.1 Å². The Morgan fingerprint density at radius 1 is 1.10 bits per heavy atom. The van der Waals surface area contributed by atoms with Gasteiger partial charge in [0.05, 0.1) is 4.90 Å². The first-order valence-corrected chi connectivity index (χ1v) is 9.18. The van der Waals surface area contributed by atoms with Crippen molar-refractivity contribution in [2.45, 2.75) is 55.1 Å². The molecule has 2 heterocycles. The van der Waals surface area contributed by atoms with Crippen molar-refractivity contribution in [3.8, 4) is 0 Å². The van der Waals surface area contributed by atoms with E-state index in [0.717, 1.165) is 18.5 Å². The quantitative estimate of drug-likeness (QED) is 0.905. The van der Waals surface area contributed by atoms with Crippen LogP contribution in [0.3, 0.4) is 0 Å². The van der Waals surface area contributed by atoms with E-state index < -0.39 is 9.84 Å². The number of sulfone groups is 1. The fourth-order valence-corrected chi connectivity index (χ4v) is 4.34. The number of nitrogens with zero attached hydrogens (tertiary/aromatic N) is 1. The lowest BCUT2D eigenvalue weighted by molar-refractivity contribution is 0.271.